The van der Waals surface area contributed by atoms with Crippen LogP contribution in [0.25, 0.3) is 0 Å². The molecule has 3 atom stereocenters. The van der Waals surface area contributed by atoms with E-state index in [0.29, 0.717) is 18.1 Å². The summed E-state index contributed by atoms with van der Waals surface area (Å²) in [5.41, 5.74) is 0.992. The van der Waals surface area contributed by atoms with Gasteiger partial charge in [0, 0.05) is 23.7 Å². The summed E-state index contributed by atoms with van der Waals surface area (Å²) in [6.07, 6.45) is 2.42. The van der Waals surface area contributed by atoms with E-state index < -0.39 is 6.41 Å². The topological polar surface area (TPSA) is 99.3 Å². The summed E-state index contributed by atoms with van der Waals surface area (Å²) in [4.78, 5) is 10.3. The molecule has 4 N–H and O–H groups in total. The highest BCUT2D eigenvalue weighted by atomic mass is 16.6. The molecular weight excluding hydrogens is 260 g/mol. The van der Waals surface area contributed by atoms with Crippen LogP contribution in [0.5, 0.6) is 0 Å². The highest BCUT2D eigenvalue weighted by Crippen LogP contribution is 2.35. The number of nitrogens with zero attached hydrogens (tertiary/aromatic N) is 1. The van der Waals surface area contributed by atoms with Crippen molar-refractivity contribution < 1.29 is 14.6 Å². The minimum atomic E-state index is -0.923. The second-order valence-electron chi connectivity index (χ2n) is 5.41. The maximum Gasteiger partial charge on any atom is 0.213 e. The molecule has 7 heteroatoms. The van der Waals surface area contributed by atoms with Gasteiger partial charge in [-0.25, -0.2) is 0 Å². The lowest BCUT2D eigenvalue weighted by Gasteiger charge is -2.20. The number of hydrogen-bond donors (Lipinski definition) is 4. The van der Waals surface area contributed by atoms with Crippen molar-refractivity contribution in [2.75, 3.05) is 5.32 Å². The molecule has 1 unspecified atom stereocenters. The van der Waals surface area contributed by atoms with Gasteiger partial charge >= 0.3 is 0 Å². The van der Waals surface area contributed by atoms with Crippen LogP contribution >= 0.6 is 0 Å². The maximum atomic E-state index is 10.3. The smallest absolute Gasteiger partial charge is 0.213 e. The van der Waals surface area contributed by atoms with Crippen molar-refractivity contribution >= 4 is 12.2 Å². The first-order chi connectivity index (χ1) is 9.58. The van der Waals surface area contributed by atoms with Crippen LogP contribution in [-0.2, 0) is 9.53 Å². The van der Waals surface area contributed by atoms with Gasteiger partial charge in [-0.2, -0.15) is 5.10 Å². The van der Waals surface area contributed by atoms with Gasteiger partial charge in [0.25, 0.3) is 0 Å². The number of hydrogen-bond acceptors (Lipinski definition) is 5. The van der Waals surface area contributed by atoms with Crippen molar-refractivity contribution in [3.8, 4) is 0 Å². The Kier molecular flexibility index (Phi) is 5.11. The summed E-state index contributed by atoms with van der Waals surface area (Å²) in [5.74, 6) is 0.849. The highest BCUT2D eigenvalue weighted by molar-refractivity contribution is 5.68. The lowest BCUT2D eigenvalue weighted by atomic mass is 10.0. The fourth-order valence-corrected chi connectivity index (χ4v) is 2.53. The van der Waals surface area contributed by atoms with E-state index >= 15 is 0 Å². The van der Waals surface area contributed by atoms with Crippen molar-refractivity contribution in [1.29, 1.82) is 0 Å². The maximum absolute atomic E-state index is 10.3. The van der Waals surface area contributed by atoms with Crippen LogP contribution in [0.3, 0.4) is 0 Å². The van der Waals surface area contributed by atoms with Gasteiger partial charge in [-0.1, -0.05) is 0 Å². The lowest BCUT2D eigenvalue weighted by Crippen LogP contribution is -2.38. The number of carbonyl (C=O) groups excluding carboxylic acids is 1. The van der Waals surface area contributed by atoms with Crippen molar-refractivity contribution in [3.63, 3.8) is 0 Å². The molecule has 1 aromatic rings. The van der Waals surface area contributed by atoms with Gasteiger partial charge in [-0.05, 0) is 33.1 Å². The number of ether oxygens (including phenoxy) is 1. The molecule has 0 bridgehead atoms. The summed E-state index contributed by atoms with van der Waals surface area (Å²) < 4.78 is 5.57. The number of aromatic nitrogens is 2. The predicted octanol–water partition coefficient (Wildman–Crippen LogP) is 0.905. The highest BCUT2D eigenvalue weighted by Gasteiger charge is 2.29. The fourth-order valence-electron chi connectivity index (χ4n) is 2.53. The van der Waals surface area contributed by atoms with E-state index in [-0.39, 0.29) is 12.1 Å². The molecular formula is C13H22N4O3. The first kappa shape index (κ1) is 15.0. The number of nitrogens with one attached hydrogen (secondary N) is 3. The SMILES string of the molecule is CC(C)NC(O)O[C@@H]1CC[C@H](c2cc(NC=O)n[nH]2)C1. The van der Waals surface area contributed by atoms with E-state index in [0.717, 1.165) is 25.0 Å². The molecule has 0 aromatic carbocycles. The first-order valence-corrected chi connectivity index (χ1v) is 6.93. The van der Waals surface area contributed by atoms with Gasteiger partial charge in [-0.15, -0.1) is 0 Å². The van der Waals surface area contributed by atoms with Crippen LogP contribution in [0.4, 0.5) is 5.82 Å². The molecule has 1 fully saturated rings. The van der Waals surface area contributed by atoms with Crippen LogP contribution in [0.15, 0.2) is 6.07 Å². The number of carbonyl (C=O) groups is 1. The molecule has 1 amide bonds. The molecule has 0 saturated heterocycles. The molecule has 0 radical (unpaired) electrons. The summed E-state index contributed by atoms with van der Waals surface area (Å²) >= 11 is 0. The van der Waals surface area contributed by atoms with Crippen LogP contribution in [0.2, 0.25) is 0 Å². The molecule has 1 aromatic heterocycles. The van der Waals surface area contributed by atoms with Crippen LogP contribution in [0, 0.1) is 0 Å². The monoisotopic (exact) mass is 282 g/mol. The second kappa shape index (κ2) is 6.83. The zero-order valence-electron chi connectivity index (χ0n) is 11.8. The van der Waals surface area contributed by atoms with Gasteiger partial charge < -0.3 is 15.2 Å². The number of aliphatic hydroxyl groups excluding tert-OH is 1. The molecule has 1 aliphatic rings. The van der Waals surface area contributed by atoms with Crippen molar-refractivity contribution in [3.05, 3.63) is 11.8 Å². The Morgan fingerprint density at radius 1 is 1.55 bits per heavy atom. The summed E-state index contributed by atoms with van der Waals surface area (Å²) in [5, 5.41) is 22.1. The van der Waals surface area contributed by atoms with Gasteiger partial charge in [0.1, 0.15) is 0 Å². The Balaban J connectivity index is 1.83. The lowest BCUT2D eigenvalue weighted by molar-refractivity contribution is -0.155. The fraction of sp³-hybridized carbons (Fsp3) is 0.692. The number of aliphatic hydroxyl groups is 1. The van der Waals surface area contributed by atoms with E-state index in [4.69, 9.17) is 4.74 Å². The van der Waals surface area contributed by atoms with E-state index in [2.05, 4.69) is 20.8 Å². The number of anilines is 1. The van der Waals surface area contributed by atoms with E-state index in [9.17, 15) is 9.90 Å². The zero-order chi connectivity index (χ0) is 14.5. The van der Waals surface area contributed by atoms with Gasteiger partial charge in [-0.3, -0.25) is 15.2 Å². The minimum Gasteiger partial charge on any atom is -0.356 e. The van der Waals surface area contributed by atoms with Gasteiger partial charge in [0.2, 0.25) is 12.8 Å². The number of amides is 1. The predicted molar refractivity (Wildman–Crippen MR) is 74.0 cm³/mol. The molecule has 0 aliphatic heterocycles. The molecule has 2 rings (SSSR count). The average Bonchev–Trinajstić information content (AvgIpc) is 2.97. The third-order valence-corrected chi connectivity index (χ3v) is 3.43. The van der Waals surface area contributed by atoms with Crippen LogP contribution in [-0.4, -0.2) is 40.3 Å². The molecule has 112 valence electrons. The van der Waals surface area contributed by atoms with Crippen LogP contribution in [0.1, 0.15) is 44.7 Å². The first-order valence-electron chi connectivity index (χ1n) is 6.93. The molecule has 0 spiro atoms. The van der Waals surface area contributed by atoms with E-state index in [1.807, 2.05) is 19.9 Å². The van der Waals surface area contributed by atoms with E-state index in [1.165, 1.54) is 0 Å². The van der Waals surface area contributed by atoms with Crippen molar-refractivity contribution in [2.24, 2.45) is 0 Å². The quantitative estimate of drug-likeness (QED) is 0.440. The van der Waals surface area contributed by atoms with Crippen molar-refractivity contribution in [2.45, 2.75) is 57.6 Å². The normalized spacial score (nSPS) is 24.0. The number of H-pyrrole nitrogens is 1. The second-order valence-corrected chi connectivity index (χ2v) is 5.41. The Morgan fingerprint density at radius 3 is 3.05 bits per heavy atom. The van der Waals surface area contributed by atoms with Gasteiger partial charge in [0.05, 0.1) is 6.10 Å². The summed E-state index contributed by atoms with van der Waals surface area (Å²) in [6, 6.07) is 2.01. The standard InChI is InChI=1S/C13H22N4O3/c1-8(2)15-13(19)20-10-4-3-9(5-10)11-6-12(14-7-18)17-16-11/h6-10,13,15,19H,3-5H2,1-2H3,(H2,14,16,17,18)/t9-,10+,13?/m0/s1. The molecule has 1 saturated carbocycles. The molecule has 7 nitrogen and oxygen atoms in total. The number of rotatable bonds is 7. The summed E-state index contributed by atoms with van der Waals surface area (Å²) in [7, 11) is 0. The Morgan fingerprint density at radius 2 is 2.35 bits per heavy atom. The summed E-state index contributed by atoms with van der Waals surface area (Å²) in [6.45, 7) is 3.91. The molecule has 1 heterocycles. The van der Waals surface area contributed by atoms with Crippen molar-refractivity contribution in [1.82, 2.24) is 15.5 Å². The third kappa shape index (κ3) is 4.03. The zero-order valence-corrected chi connectivity index (χ0v) is 11.8. The number of aromatic amines is 1. The van der Waals surface area contributed by atoms with Crippen LogP contribution < -0.4 is 10.6 Å². The van der Waals surface area contributed by atoms with Gasteiger partial charge in [0.15, 0.2) is 5.82 Å². The minimum absolute atomic E-state index is 0.0343. The Labute approximate surface area is 118 Å². The third-order valence-electron chi connectivity index (χ3n) is 3.43. The molecule has 20 heavy (non-hydrogen) atoms. The largest absolute Gasteiger partial charge is 0.356 e. The molecule has 1 aliphatic carbocycles. The average molecular weight is 282 g/mol. The van der Waals surface area contributed by atoms with E-state index in [1.54, 1.807) is 0 Å². The Hall–Kier alpha value is -1.44. The Bertz CT molecular complexity index is 435.